The summed E-state index contributed by atoms with van der Waals surface area (Å²) in [6.45, 7) is 3.58. The van der Waals surface area contributed by atoms with Crippen molar-refractivity contribution in [2.75, 3.05) is 26.7 Å². The van der Waals surface area contributed by atoms with Crippen molar-refractivity contribution < 1.29 is 14.6 Å². The Morgan fingerprint density at radius 2 is 1.79 bits per heavy atom. The maximum Gasteiger partial charge on any atom is 0.337 e. The SMILES string of the molecule is COC(=O)c1ccc(CN2C[C@@H]3C[C@@H](O)CN3C[C@@H]2Cc2ccccc2)cc1. The summed E-state index contributed by atoms with van der Waals surface area (Å²) in [6, 6.07) is 19.2. The zero-order valence-corrected chi connectivity index (χ0v) is 16.3. The minimum atomic E-state index is -0.304. The fraction of sp³-hybridized carbons (Fsp3) is 0.435. The third-order valence-electron chi connectivity index (χ3n) is 5.99. The van der Waals surface area contributed by atoms with E-state index in [1.807, 2.05) is 24.3 Å². The van der Waals surface area contributed by atoms with Gasteiger partial charge in [0.2, 0.25) is 0 Å². The van der Waals surface area contributed by atoms with Gasteiger partial charge in [0.25, 0.3) is 0 Å². The number of aliphatic hydroxyl groups is 1. The Labute approximate surface area is 166 Å². The van der Waals surface area contributed by atoms with Gasteiger partial charge < -0.3 is 9.84 Å². The van der Waals surface area contributed by atoms with E-state index in [2.05, 4.69) is 40.1 Å². The topological polar surface area (TPSA) is 53.0 Å². The second-order valence-corrected chi connectivity index (χ2v) is 7.96. The molecule has 2 aromatic rings. The molecule has 5 heteroatoms. The summed E-state index contributed by atoms with van der Waals surface area (Å²) in [5.74, 6) is -0.304. The van der Waals surface area contributed by atoms with Crippen LogP contribution in [0.4, 0.5) is 0 Å². The lowest BCUT2D eigenvalue weighted by Gasteiger charge is -2.44. The first-order valence-corrected chi connectivity index (χ1v) is 9.99. The molecule has 0 unspecified atom stereocenters. The molecule has 0 spiro atoms. The van der Waals surface area contributed by atoms with E-state index in [-0.39, 0.29) is 12.1 Å². The summed E-state index contributed by atoms with van der Waals surface area (Å²) in [5, 5.41) is 10.1. The minimum absolute atomic E-state index is 0.207. The summed E-state index contributed by atoms with van der Waals surface area (Å²) in [6.07, 6.45) is 1.65. The second kappa shape index (κ2) is 8.43. The standard InChI is InChI=1S/C23H28N2O3/c1-28-23(27)19-9-7-18(8-10-19)13-24-15-21-12-22(26)16-25(21)14-20(24)11-17-5-3-2-4-6-17/h2-10,20-22,26H,11-16H2,1H3/t20-,21-,22+/m0/s1. The molecule has 2 aliphatic heterocycles. The van der Waals surface area contributed by atoms with E-state index in [0.29, 0.717) is 17.6 Å². The molecule has 4 rings (SSSR count). The van der Waals surface area contributed by atoms with Crippen molar-refractivity contribution in [3.63, 3.8) is 0 Å². The number of benzene rings is 2. The number of nitrogens with zero attached hydrogens (tertiary/aromatic N) is 2. The zero-order valence-electron chi connectivity index (χ0n) is 16.3. The first-order chi connectivity index (χ1) is 13.6. The number of carbonyl (C=O) groups is 1. The Morgan fingerprint density at radius 3 is 2.50 bits per heavy atom. The number of hydrogen-bond acceptors (Lipinski definition) is 5. The molecule has 2 fully saturated rings. The Balaban J connectivity index is 1.50. The molecule has 1 N–H and O–H groups in total. The van der Waals surface area contributed by atoms with Crippen LogP contribution in [-0.2, 0) is 17.7 Å². The number of ether oxygens (including phenoxy) is 1. The van der Waals surface area contributed by atoms with E-state index in [9.17, 15) is 9.90 Å². The molecule has 2 saturated heterocycles. The maximum atomic E-state index is 11.7. The highest BCUT2D eigenvalue weighted by Gasteiger charge is 2.39. The Bertz CT molecular complexity index is 793. The van der Waals surface area contributed by atoms with Crippen LogP contribution >= 0.6 is 0 Å². The average molecular weight is 380 g/mol. The highest BCUT2D eigenvalue weighted by molar-refractivity contribution is 5.89. The van der Waals surface area contributed by atoms with Crippen LogP contribution in [0.15, 0.2) is 54.6 Å². The number of carbonyl (C=O) groups excluding carboxylic acids is 1. The number of hydrogen-bond donors (Lipinski definition) is 1. The van der Waals surface area contributed by atoms with E-state index in [0.717, 1.165) is 39.0 Å². The highest BCUT2D eigenvalue weighted by Crippen LogP contribution is 2.28. The Hall–Kier alpha value is -2.21. The van der Waals surface area contributed by atoms with E-state index in [1.54, 1.807) is 0 Å². The summed E-state index contributed by atoms with van der Waals surface area (Å²) >= 11 is 0. The van der Waals surface area contributed by atoms with Gasteiger partial charge in [-0.25, -0.2) is 4.79 Å². The van der Waals surface area contributed by atoms with E-state index >= 15 is 0 Å². The zero-order chi connectivity index (χ0) is 19.5. The molecule has 0 radical (unpaired) electrons. The molecule has 0 amide bonds. The van der Waals surface area contributed by atoms with Crippen molar-refractivity contribution in [3.05, 3.63) is 71.3 Å². The van der Waals surface area contributed by atoms with Crippen LogP contribution in [-0.4, -0.2) is 65.8 Å². The van der Waals surface area contributed by atoms with Crippen molar-refractivity contribution in [3.8, 4) is 0 Å². The smallest absolute Gasteiger partial charge is 0.337 e. The van der Waals surface area contributed by atoms with E-state index < -0.39 is 0 Å². The molecular weight excluding hydrogens is 352 g/mol. The molecule has 0 aromatic heterocycles. The predicted molar refractivity (Wildman–Crippen MR) is 108 cm³/mol. The van der Waals surface area contributed by atoms with Gasteiger partial charge in [-0.3, -0.25) is 9.80 Å². The number of methoxy groups -OCH3 is 1. The number of piperazine rings is 1. The lowest BCUT2D eigenvalue weighted by atomic mass is 9.99. The average Bonchev–Trinajstić information content (AvgIpc) is 3.07. The molecule has 0 bridgehead atoms. The lowest BCUT2D eigenvalue weighted by molar-refractivity contribution is 0.0445. The van der Waals surface area contributed by atoms with Crippen LogP contribution in [0.2, 0.25) is 0 Å². The van der Waals surface area contributed by atoms with Gasteiger partial charge in [0, 0.05) is 38.3 Å². The molecule has 5 nitrogen and oxygen atoms in total. The van der Waals surface area contributed by atoms with Gasteiger partial charge in [0.1, 0.15) is 0 Å². The lowest BCUT2D eigenvalue weighted by Crippen LogP contribution is -2.56. The van der Waals surface area contributed by atoms with Crippen LogP contribution in [0.25, 0.3) is 0 Å². The van der Waals surface area contributed by atoms with E-state index in [4.69, 9.17) is 4.74 Å². The van der Waals surface area contributed by atoms with Gasteiger partial charge in [-0.2, -0.15) is 0 Å². The summed E-state index contributed by atoms with van der Waals surface area (Å²) < 4.78 is 4.79. The van der Waals surface area contributed by atoms with Crippen molar-refractivity contribution in [2.45, 2.75) is 37.6 Å². The first kappa shape index (κ1) is 19.1. The summed E-state index contributed by atoms with van der Waals surface area (Å²) in [4.78, 5) is 16.7. The summed E-state index contributed by atoms with van der Waals surface area (Å²) in [7, 11) is 1.40. The molecule has 148 valence electrons. The molecule has 2 aliphatic rings. The van der Waals surface area contributed by atoms with Gasteiger partial charge >= 0.3 is 5.97 Å². The van der Waals surface area contributed by atoms with Crippen LogP contribution in [0.3, 0.4) is 0 Å². The molecule has 28 heavy (non-hydrogen) atoms. The predicted octanol–water partition coefficient (Wildman–Crippen LogP) is 2.34. The molecule has 0 saturated carbocycles. The molecular formula is C23H28N2O3. The van der Waals surface area contributed by atoms with Crippen molar-refractivity contribution in [1.29, 1.82) is 0 Å². The largest absolute Gasteiger partial charge is 0.465 e. The van der Waals surface area contributed by atoms with Crippen LogP contribution in [0.1, 0.15) is 27.9 Å². The van der Waals surface area contributed by atoms with Crippen LogP contribution < -0.4 is 0 Å². The molecule has 3 atom stereocenters. The number of fused-ring (bicyclic) bond motifs is 1. The van der Waals surface area contributed by atoms with Gasteiger partial charge in [-0.15, -0.1) is 0 Å². The normalized spacial score (nSPS) is 25.4. The molecule has 0 aliphatic carbocycles. The number of rotatable bonds is 5. The van der Waals surface area contributed by atoms with Crippen LogP contribution in [0, 0.1) is 0 Å². The Morgan fingerprint density at radius 1 is 1.04 bits per heavy atom. The maximum absolute atomic E-state index is 11.7. The third kappa shape index (κ3) is 4.27. The van der Waals surface area contributed by atoms with Gasteiger partial charge in [-0.05, 0) is 36.1 Å². The molecule has 2 aromatic carbocycles. The fourth-order valence-corrected chi connectivity index (χ4v) is 4.55. The van der Waals surface area contributed by atoms with Gasteiger partial charge in [-0.1, -0.05) is 42.5 Å². The number of aliphatic hydroxyl groups excluding tert-OH is 1. The quantitative estimate of drug-likeness (QED) is 0.807. The minimum Gasteiger partial charge on any atom is -0.465 e. The van der Waals surface area contributed by atoms with Gasteiger partial charge in [0.05, 0.1) is 18.8 Å². The van der Waals surface area contributed by atoms with E-state index in [1.165, 1.54) is 18.2 Å². The van der Waals surface area contributed by atoms with Crippen LogP contribution in [0.5, 0.6) is 0 Å². The molecule has 2 heterocycles. The first-order valence-electron chi connectivity index (χ1n) is 9.99. The summed E-state index contributed by atoms with van der Waals surface area (Å²) in [5.41, 5.74) is 3.12. The third-order valence-corrected chi connectivity index (χ3v) is 5.99. The Kier molecular flexibility index (Phi) is 5.76. The van der Waals surface area contributed by atoms with Crippen molar-refractivity contribution >= 4 is 5.97 Å². The van der Waals surface area contributed by atoms with Crippen molar-refractivity contribution in [2.24, 2.45) is 0 Å². The van der Waals surface area contributed by atoms with Gasteiger partial charge in [0.15, 0.2) is 0 Å². The highest BCUT2D eigenvalue weighted by atomic mass is 16.5. The second-order valence-electron chi connectivity index (χ2n) is 7.96. The van der Waals surface area contributed by atoms with Crippen molar-refractivity contribution in [1.82, 2.24) is 9.80 Å². The fourth-order valence-electron chi connectivity index (χ4n) is 4.55. The number of esters is 1. The monoisotopic (exact) mass is 380 g/mol.